The number of carbonyl (C=O) groups excluding carboxylic acids is 1. The molecule has 1 aromatic carbocycles. The molecule has 0 bridgehead atoms. The van der Waals surface area contributed by atoms with Gasteiger partial charge in [0.1, 0.15) is 17.3 Å². The van der Waals surface area contributed by atoms with E-state index >= 15 is 0 Å². The van der Waals surface area contributed by atoms with Gasteiger partial charge in [-0.25, -0.2) is 9.97 Å². The standard InChI is InChI=1S/C22H21N5O2/c1-27(2)22(28)20-12-15-10-14(4-5-17(15)25-20)11-21-24-9-7-18(26-21)19-13-16(29-3)6-8-23-19/h4-10,12-13,25H,11H2,1-3H3. The predicted molar refractivity (Wildman–Crippen MR) is 111 cm³/mol. The highest BCUT2D eigenvalue weighted by atomic mass is 16.5. The second-order valence-electron chi connectivity index (χ2n) is 6.92. The number of fused-ring (bicyclic) bond motifs is 1. The monoisotopic (exact) mass is 387 g/mol. The summed E-state index contributed by atoms with van der Waals surface area (Å²) >= 11 is 0. The average molecular weight is 387 g/mol. The Morgan fingerprint density at radius 3 is 2.66 bits per heavy atom. The summed E-state index contributed by atoms with van der Waals surface area (Å²) in [6.07, 6.45) is 4.01. The van der Waals surface area contributed by atoms with Gasteiger partial charge in [-0.15, -0.1) is 0 Å². The molecule has 0 atom stereocenters. The van der Waals surface area contributed by atoms with Gasteiger partial charge in [0.25, 0.3) is 5.91 Å². The molecule has 0 unspecified atom stereocenters. The fraction of sp³-hybridized carbons (Fsp3) is 0.182. The van der Waals surface area contributed by atoms with Crippen molar-refractivity contribution in [2.75, 3.05) is 21.2 Å². The van der Waals surface area contributed by atoms with E-state index in [1.165, 1.54) is 0 Å². The van der Waals surface area contributed by atoms with Gasteiger partial charge in [-0.3, -0.25) is 9.78 Å². The summed E-state index contributed by atoms with van der Waals surface area (Å²) in [7, 11) is 5.10. The van der Waals surface area contributed by atoms with Gasteiger partial charge in [0, 0.05) is 49.9 Å². The van der Waals surface area contributed by atoms with E-state index < -0.39 is 0 Å². The van der Waals surface area contributed by atoms with Crippen molar-refractivity contribution in [3.05, 3.63) is 71.9 Å². The molecule has 1 N–H and O–H groups in total. The van der Waals surface area contributed by atoms with Crippen LogP contribution in [0.1, 0.15) is 21.9 Å². The number of aromatic nitrogens is 4. The fourth-order valence-corrected chi connectivity index (χ4v) is 3.14. The van der Waals surface area contributed by atoms with E-state index in [0.29, 0.717) is 17.9 Å². The minimum absolute atomic E-state index is 0.0513. The maximum atomic E-state index is 12.2. The Bertz CT molecular complexity index is 1180. The number of hydrogen-bond donors (Lipinski definition) is 1. The van der Waals surface area contributed by atoms with Crippen LogP contribution in [0.3, 0.4) is 0 Å². The third-order valence-corrected chi connectivity index (χ3v) is 4.62. The molecule has 7 nitrogen and oxygen atoms in total. The minimum atomic E-state index is -0.0513. The van der Waals surface area contributed by atoms with E-state index in [-0.39, 0.29) is 5.91 Å². The molecule has 0 aliphatic carbocycles. The van der Waals surface area contributed by atoms with Crippen molar-refractivity contribution in [3.8, 4) is 17.1 Å². The second kappa shape index (κ2) is 7.71. The van der Waals surface area contributed by atoms with Crippen LogP contribution >= 0.6 is 0 Å². The number of carbonyl (C=O) groups is 1. The highest BCUT2D eigenvalue weighted by molar-refractivity contribution is 5.97. The van der Waals surface area contributed by atoms with Crippen molar-refractivity contribution in [2.45, 2.75) is 6.42 Å². The average Bonchev–Trinajstić information content (AvgIpc) is 3.16. The lowest BCUT2D eigenvalue weighted by molar-refractivity contribution is 0.0823. The fourth-order valence-electron chi connectivity index (χ4n) is 3.14. The number of rotatable bonds is 5. The van der Waals surface area contributed by atoms with Gasteiger partial charge in [-0.1, -0.05) is 6.07 Å². The van der Waals surface area contributed by atoms with Crippen LogP contribution in [0.4, 0.5) is 0 Å². The molecule has 0 spiro atoms. The van der Waals surface area contributed by atoms with Gasteiger partial charge in [-0.05, 0) is 35.9 Å². The van der Waals surface area contributed by atoms with Gasteiger partial charge >= 0.3 is 0 Å². The number of benzene rings is 1. The number of H-pyrrole nitrogens is 1. The smallest absolute Gasteiger partial charge is 0.269 e. The van der Waals surface area contributed by atoms with Crippen molar-refractivity contribution >= 4 is 16.8 Å². The SMILES string of the molecule is COc1ccnc(-c2ccnc(Cc3ccc4[nH]c(C(=O)N(C)C)cc4c3)n2)c1. The van der Waals surface area contributed by atoms with E-state index in [1.54, 1.807) is 44.6 Å². The summed E-state index contributed by atoms with van der Waals surface area (Å²) in [5.74, 6) is 1.38. The van der Waals surface area contributed by atoms with E-state index in [4.69, 9.17) is 4.74 Å². The van der Waals surface area contributed by atoms with Gasteiger partial charge in [-0.2, -0.15) is 0 Å². The van der Waals surface area contributed by atoms with Crippen LogP contribution in [0.5, 0.6) is 5.75 Å². The molecule has 0 aliphatic rings. The van der Waals surface area contributed by atoms with Crippen molar-refractivity contribution in [1.29, 1.82) is 0 Å². The molecule has 29 heavy (non-hydrogen) atoms. The largest absolute Gasteiger partial charge is 0.497 e. The number of amides is 1. The second-order valence-corrected chi connectivity index (χ2v) is 6.92. The first kappa shape index (κ1) is 18.6. The Morgan fingerprint density at radius 2 is 1.86 bits per heavy atom. The summed E-state index contributed by atoms with van der Waals surface area (Å²) in [5, 5.41) is 0.985. The molecule has 7 heteroatoms. The number of nitrogens with zero attached hydrogens (tertiary/aromatic N) is 4. The van der Waals surface area contributed by atoms with Crippen LogP contribution in [0.2, 0.25) is 0 Å². The topological polar surface area (TPSA) is 84.0 Å². The summed E-state index contributed by atoms with van der Waals surface area (Å²) in [6.45, 7) is 0. The first-order valence-corrected chi connectivity index (χ1v) is 9.19. The van der Waals surface area contributed by atoms with E-state index in [1.807, 2.05) is 30.3 Å². The normalized spacial score (nSPS) is 10.9. The zero-order valence-corrected chi connectivity index (χ0v) is 16.5. The highest BCUT2D eigenvalue weighted by Gasteiger charge is 2.12. The number of ether oxygens (including phenoxy) is 1. The van der Waals surface area contributed by atoms with E-state index in [0.717, 1.165) is 33.6 Å². The van der Waals surface area contributed by atoms with Crippen molar-refractivity contribution < 1.29 is 9.53 Å². The molecule has 0 fully saturated rings. The number of pyridine rings is 1. The molecule has 1 amide bonds. The quantitative estimate of drug-likeness (QED) is 0.568. The van der Waals surface area contributed by atoms with Gasteiger partial charge in [0.2, 0.25) is 0 Å². The Balaban J connectivity index is 1.60. The van der Waals surface area contributed by atoms with Crippen LogP contribution in [0, 0.1) is 0 Å². The zero-order valence-electron chi connectivity index (χ0n) is 16.5. The van der Waals surface area contributed by atoms with E-state index in [2.05, 4.69) is 26.0 Å². The Hall–Kier alpha value is -3.74. The highest BCUT2D eigenvalue weighted by Crippen LogP contribution is 2.21. The van der Waals surface area contributed by atoms with E-state index in [9.17, 15) is 4.79 Å². The molecule has 0 radical (unpaired) electrons. The molecular formula is C22H21N5O2. The molecule has 4 aromatic rings. The Kier molecular flexibility index (Phi) is 4.95. The molecule has 0 aliphatic heterocycles. The lowest BCUT2D eigenvalue weighted by atomic mass is 10.1. The molecule has 146 valence electrons. The lowest BCUT2D eigenvalue weighted by Crippen LogP contribution is -2.21. The van der Waals surface area contributed by atoms with Crippen LogP contribution in [0.15, 0.2) is 54.9 Å². The lowest BCUT2D eigenvalue weighted by Gasteiger charge is -2.07. The van der Waals surface area contributed by atoms with Crippen LogP contribution in [-0.4, -0.2) is 51.9 Å². The maximum Gasteiger partial charge on any atom is 0.269 e. The summed E-state index contributed by atoms with van der Waals surface area (Å²) in [6, 6.07) is 13.4. The Labute approximate surface area is 168 Å². The summed E-state index contributed by atoms with van der Waals surface area (Å²) in [5.41, 5.74) is 4.05. The molecule has 3 aromatic heterocycles. The number of aromatic amines is 1. The molecule has 0 saturated heterocycles. The first-order valence-electron chi connectivity index (χ1n) is 9.19. The van der Waals surface area contributed by atoms with Crippen LogP contribution in [-0.2, 0) is 6.42 Å². The zero-order chi connectivity index (χ0) is 20.4. The van der Waals surface area contributed by atoms with Crippen molar-refractivity contribution in [3.63, 3.8) is 0 Å². The third-order valence-electron chi connectivity index (χ3n) is 4.62. The van der Waals surface area contributed by atoms with Crippen molar-refractivity contribution in [1.82, 2.24) is 24.8 Å². The third kappa shape index (κ3) is 3.94. The predicted octanol–water partition coefficient (Wildman–Crippen LogP) is 3.32. The minimum Gasteiger partial charge on any atom is -0.497 e. The number of nitrogens with one attached hydrogen (secondary N) is 1. The number of hydrogen-bond acceptors (Lipinski definition) is 5. The molecule has 4 rings (SSSR count). The van der Waals surface area contributed by atoms with Gasteiger partial charge in [0.05, 0.1) is 18.5 Å². The Morgan fingerprint density at radius 1 is 1.03 bits per heavy atom. The molecular weight excluding hydrogens is 366 g/mol. The van der Waals surface area contributed by atoms with Crippen molar-refractivity contribution in [2.24, 2.45) is 0 Å². The molecule has 3 heterocycles. The summed E-state index contributed by atoms with van der Waals surface area (Å²) in [4.78, 5) is 30.3. The molecule has 0 saturated carbocycles. The van der Waals surface area contributed by atoms with Crippen LogP contribution < -0.4 is 4.74 Å². The maximum absolute atomic E-state index is 12.2. The summed E-state index contributed by atoms with van der Waals surface area (Å²) < 4.78 is 5.26. The first-order chi connectivity index (χ1) is 14.0. The number of methoxy groups -OCH3 is 1. The van der Waals surface area contributed by atoms with Gasteiger partial charge in [0.15, 0.2) is 0 Å². The van der Waals surface area contributed by atoms with Crippen LogP contribution in [0.25, 0.3) is 22.3 Å². The van der Waals surface area contributed by atoms with Gasteiger partial charge < -0.3 is 14.6 Å².